The molecule has 0 radical (unpaired) electrons. The Morgan fingerprint density at radius 1 is 1.15 bits per heavy atom. The van der Waals surface area contributed by atoms with Gasteiger partial charge in [-0.25, -0.2) is 0 Å². The molecule has 0 amide bonds. The predicted molar refractivity (Wildman–Crippen MR) is 81.9 cm³/mol. The summed E-state index contributed by atoms with van der Waals surface area (Å²) >= 11 is 0. The number of hydrogen-bond acceptors (Lipinski definition) is 3. The van der Waals surface area contributed by atoms with E-state index in [1.807, 2.05) is 6.92 Å². The van der Waals surface area contributed by atoms with Crippen molar-refractivity contribution in [3.05, 3.63) is 29.3 Å². The predicted octanol–water partition coefficient (Wildman–Crippen LogP) is 4.21. The fourth-order valence-corrected chi connectivity index (χ4v) is 2.12. The molecule has 3 nitrogen and oxygen atoms in total. The van der Waals surface area contributed by atoms with Gasteiger partial charge in [-0.15, -0.1) is 0 Å². The van der Waals surface area contributed by atoms with Crippen LogP contribution in [0.15, 0.2) is 18.2 Å². The van der Waals surface area contributed by atoms with Crippen LogP contribution in [0, 0.1) is 0 Å². The Kier molecular flexibility index (Phi) is 6.85. The van der Waals surface area contributed by atoms with Gasteiger partial charge in [0.15, 0.2) is 17.3 Å². The first-order chi connectivity index (χ1) is 9.60. The van der Waals surface area contributed by atoms with Crippen molar-refractivity contribution < 1.29 is 15.0 Å². The number of allylic oxidation sites excluding steroid dienone is 1. The molecular formula is C17H24O3. The first kappa shape index (κ1) is 16.3. The highest BCUT2D eigenvalue weighted by atomic mass is 16.3. The van der Waals surface area contributed by atoms with Gasteiger partial charge in [-0.2, -0.15) is 0 Å². The highest BCUT2D eigenvalue weighted by molar-refractivity contribution is 5.93. The minimum absolute atomic E-state index is 0.0765. The Hall–Kier alpha value is -1.77. The Bertz CT molecular complexity index is 475. The van der Waals surface area contributed by atoms with Gasteiger partial charge < -0.3 is 10.2 Å². The van der Waals surface area contributed by atoms with Crippen molar-refractivity contribution in [3.8, 4) is 11.5 Å². The highest BCUT2D eigenvalue weighted by Gasteiger charge is 2.09. The lowest BCUT2D eigenvalue weighted by molar-refractivity contribution is -0.114. The molecule has 0 atom stereocenters. The largest absolute Gasteiger partial charge is 0.504 e. The molecule has 0 aliphatic heterocycles. The average molecular weight is 276 g/mol. The van der Waals surface area contributed by atoms with Crippen molar-refractivity contribution in [2.75, 3.05) is 0 Å². The van der Waals surface area contributed by atoms with Crippen LogP contribution in [-0.2, 0) is 11.2 Å². The molecule has 3 heteroatoms. The van der Waals surface area contributed by atoms with Crippen molar-refractivity contribution in [3.63, 3.8) is 0 Å². The molecule has 0 heterocycles. The molecule has 0 aliphatic carbocycles. The van der Waals surface area contributed by atoms with Crippen molar-refractivity contribution in [2.24, 2.45) is 0 Å². The van der Waals surface area contributed by atoms with Crippen LogP contribution < -0.4 is 0 Å². The summed E-state index contributed by atoms with van der Waals surface area (Å²) in [6.07, 6.45) is 8.50. The number of aromatic hydroxyl groups is 2. The molecule has 0 unspecified atom stereocenters. The summed E-state index contributed by atoms with van der Waals surface area (Å²) < 4.78 is 0. The molecule has 1 aromatic rings. The van der Waals surface area contributed by atoms with Crippen molar-refractivity contribution in [2.45, 2.75) is 52.4 Å². The number of phenols is 2. The van der Waals surface area contributed by atoms with E-state index >= 15 is 0 Å². The molecule has 1 aromatic carbocycles. The number of carbonyl (C=O) groups is 1. The van der Waals surface area contributed by atoms with Crippen molar-refractivity contribution in [1.82, 2.24) is 0 Å². The SMILES string of the molecule is CCCCCC(=O)/C=C/c1ccc(O)c(O)c1CCC. The van der Waals surface area contributed by atoms with Gasteiger partial charge >= 0.3 is 0 Å². The smallest absolute Gasteiger partial charge is 0.161 e. The number of ketones is 1. The number of unbranched alkanes of at least 4 members (excludes halogenated alkanes) is 2. The Labute approximate surface area is 121 Å². The lowest BCUT2D eigenvalue weighted by Crippen LogP contribution is -1.94. The molecule has 0 bridgehead atoms. The van der Waals surface area contributed by atoms with E-state index in [-0.39, 0.29) is 17.3 Å². The molecule has 0 aliphatic rings. The van der Waals surface area contributed by atoms with Gasteiger partial charge in [-0.05, 0) is 30.5 Å². The van der Waals surface area contributed by atoms with Crippen LogP contribution in [0.1, 0.15) is 57.1 Å². The third-order valence-corrected chi connectivity index (χ3v) is 3.27. The third-order valence-electron chi connectivity index (χ3n) is 3.27. The van der Waals surface area contributed by atoms with Crippen LogP contribution in [0.2, 0.25) is 0 Å². The van der Waals surface area contributed by atoms with Crippen LogP contribution in [-0.4, -0.2) is 16.0 Å². The molecule has 110 valence electrons. The minimum Gasteiger partial charge on any atom is -0.504 e. The number of carbonyl (C=O) groups excluding carboxylic acids is 1. The van der Waals surface area contributed by atoms with Gasteiger partial charge in [-0.3, -0.25) is 4.79 Å². The second-order valence-electron chi connectivity index (χ2n) is 5.01. The van der Waals surface area contributed by atoms with E-state index in [0.29, 0.717) is 18.4 Å². The van der Waals surface area contributed by atoms with Crippen LogP contribution >= 0.6 is 0 Å². The Morgan fingerprint density at radius 3 is 2.55 bits per heavy atom. The van der Waals surface area contributed by atoms with Crippen molar-refractivity contribution >= 4 is 11.9 Å². The normalized spacial score (nSPS) is 11.1. The van der Waals surface area contributed by atoms with E-state index in [4.69, 9.17) is 0 Å². The lowest BCUT2D eigenvalue weighted by Gasteiger charge is -2.09. The van der Waals surface area contributed by atoms with Gasteiger partial charge in [0.05, 0.1) is 0 Å². The molecule has 0 saturated carbocycles. The second-order valence-corrected chi connectivity index (χ2v) is 5.01. The zero-order valence-corrected chi connectivity index (χ0v) is 12.4. The van der Waals surface area contributed by atoms with Crippen LogP contribution in [0.25, 0.3) is 6.08 Å². The minimum atomic E-state index is -0.111. The highest BCUT2D eigenvalue weighted by Crippen LogP contribution is 2.32. The maximum atomic E-state index is 11.7. The summed E-state index contributed by atoms with van der Waals surface area (Å²) in [6.45, 7) is 4.11. The van der Waals surface area contributed by atoms with Gasteiger partial charge in [0.1, 0.15) is 0 Å². The summed E-state index contributed by atoms with van der Waals surface area (Å²) in [5, 5.41) is 19.4. The maximum Gasteiger partial charge on any atom is 0.161 e. The first-order valence-corrected chi connectivity index (χ1v) is 7.34. The summed E-state index contributed by atoms with van der Waals surface area (Å²) in [5.41, 5.74) is 1.50. The fraction of sp³-hybridized carbons (Fsp3) is 0.471. The summed E-state index contributed by atoms with van der Waals surface area (Å²) in [5.74, 6) is -0.0826. The van der Waals surface area contributed by atoms with Gasteiger partial charge in [0.2, 0.25) is 0 Å². The lowest BCUT2D eigenvalue weighted by atomic mass is 10.00. The molecule has 2 N–H and O–H groups in total. The summed E-state index contributed by atoms with van der Waals surface area (Å²) in [6, 6.07) is 3.19. The Morgan fingerprint density at radius 2 is 1.90 bits per heavy atom. The number of rotatable bonds is 8. The summed E-state index contributed by atoms with van der Waals surface area (Å²) in [4.78, 5) is 11.7. The van der Waals surface area contributed by atoms with Gasteiger partial charge in [-0.1, -0.05) is 45.3 Å². The van der Waals surface area contributed by atoms with E-state index in [0.717, 1.165) is 31.2 Å². The molecule has 1 rings (SSSR count). The van der Waals surface area contributed by atoms with Crippen molar-refractivity contribution in [1.29, 1.82) is 0 Å². The molecule has 0 saturated heterocycles. The van der Waals surface area contributed by atoms with Crippen LogP contribution in [0.3, 0.4) is 0 Å². The number of benzene rings is 1. The third kappa shape index (κ3) is 4.72. The number of hydrogen-bond donors (Lipinski definition) is 2. The van der Waals surface area contributed by atoms with E-state index in [1.54, 1.807) is 18.2 Å². The van der Waals surface area contributed by atoms with E-state index in [9.17, 15) is 15.0 Å². The van der Waals surface area contributed by atoms with Gasteiger partial charge in [0.25, 0.3) is 0 Å². The fourth-order valence-electron chi connectivity index (χ4n) is 2.12. The van der Waals surface area contributed by atoms with Crippen LogP contribution in [0.5, 0.6) is 11.5 Å². The standard InChI is InChI=1S/C17H24O3/c1-3-5-6-8-14(18)11-9-13-10-12-16(19)17(20)15(13)7-4-2/h9-12,19-20H,3-8H2,1-2H3/b11-9+. The quantitative estimate of drug-likeness (QED) is 0.425. The summed E-state index contributed by atoms with van der Waals surface area (Å²) in [7, 11) is 0. The zero-order valence-electron chi connectivity index (χ0n) is 12.4. The zero-order chi connectivity index (χ0) is 15.0. The Balaban J connectivity index is 2.81. The van der Waals surface area contributed by atoms with Gasteiger partial charge in [0, 0.05) is 12.0 Å². The monoisotopic (exact) mass is 276 g/mol. The molecule has 0 aromatic heterocycles. The van der Waals surface area contributed by atoms with Crippen LogP contribution in [0.4, 0.5) is 0 Å². The van der Waals surface area contributed by atoms with E-state index < -0.39 is 0 Å². The number of phenolic OH excluding ortho intramolecular Hbond substituents is 2. The first-order valence-electron chi connectivity index (χ1n) is 7.34. The molecule has 0 spiro atoms. The topological polar surface area (TPSA) is 57.5 Å². The second kappa shape index (κ2) is 8.41. The van der Waals surface area contributed by atoms with E-state index in [1.165, 1.54) is 6.07 Å². The van der Waals surface area contributed by atoms with E-state index in [2.05, 4.69) is 6.92 Å². The average Bonchev–Trinajstić information content (AvgIpc) is 2.43. The molecule has 20 heavy (non-hydrogen) atoms. The molecular weight excluding hydrogens is 252 g/mol. The molecule has 0 fully saturated rings. The maximum absolute atomic E-state index is 11.7.